The molecule has 8 heteroatoms. The third-order valence-corrected chi connectivity index (χ3v) is 4.19. The minimum absolute atomic E-state index is 0. The largest absolute Gasteiger partial charge is 0.497 e. The van der Waals surface area contributed by atoms with Crippen LogP contribution in [0.15, 0.2) is 33.8 Å². The Hall–Kier alpha value is -1.97. The van der Waals surface area contributed by atoms with E-state index in [9.17, 15) is 0 Å². The fourth-order valence-electron chi connectivity index (χ4n) is 2.69. The van der Waals surface area contributed by atoms with Gasteiger partial charge >= 0.3 is 0 Å². The maximum atomic E-state index is 5.74. The molecular weight excluding hydrogens is 471 g/mol. The summed E-state index contributed by atoms with van der Waals surface area (Å²) in [5, 5.41) is 10.8. The first-order valence-electron chi connectivity index (χ1n) is 9.39. The Bertz CT molecular complexity index is 712. The summed E-state index contributed by atoms with van der Waals surface area (Å²) in [4.78, 5) is 4.26. The van der Waals surface area contributed by atoms with Gasteiger partial charge in [0.15, 0.2) is 5.96 Å². The van der Waals surface area contributed by atoms with Crippen LogP contribution in [0.3, 0.4) is 0 Å². The van der Waals surface area contributed by atoms with Gasteiger partial charge in [0.2, 0.25) is 0 Å². The van der Waals surface area contributed by atoms with Crippen molar-refractivity contribution < 1.29 is 14.0 Å². The number of guanidine groups is 1. The quantitative estimate of drug-likeness (QED) is 0.224. The summed E-state index contributed by atoms with van der Waals surface area (Å²) in [6, 6.07) is 7.61. The average molecular weight is 502 g/mol. The van der Waals surface area contributed by atoms with Crippen LogP contribution in [0.2, 0.25) is 0 Å². The topological polar surface area (TPSA) is 80.9 Å². The van der Waals surface area contributed by atoms with Gasteiger partial charge in [0, 0.05) is 38.2 Å². The molecule has 2 N–H and O–H groups in total. The van der Waals surface area contributed by atoms with Gasteiger partial charge in [0.1, 0.15) is 17.3 Å². The number of ether oxygens (including phenoxy) is 2. The Balaban J connectivity index is 0.00000392. The molecule has 0 aliphatic heterocycles. The predicted molar refractivity (Wildman–Crippen MR) is 122 cm³/mol. The van der Waals surface area contributed by atoms with Gasteiger partial charge in [-0.15, -0.1) is 24.0 Å². The van der Waals surface area contributed by atoms with E-state index in [1.807, 2.05) is 24.3 Å². The molecule has 156 valence electrons. The van der Waals surface area contributed by atoms with Gasteiger partial charge in [-0.3, -0.25) is 4.99 Å². The van der Waals surface area contributed by atoms with Crippen molar-refractivity contribution in [3.05, 3.63) is 41.3 Å². The van der Waals surface area contributed by atoms with E-state index in [-0.39, 0.29) is 24.0 Å². The summed E-state index contributed by atoms with van der Waals surface area (Å²) < 4.78 is 16.3. The first kappa shape index (κ1) is 24.1. The van der Waals surface area contributed by atoms with Crippen molar-refractivity contribution in [3.63, 3.8) is 0 Å². The minimum Gasteiger partial charge on any atom is -0.497 e. The van der Waals surface area contributed by atoms with Gasteiger partial charge in [0.25, 0.3) is 0 Å². The van der Waals surface area contributed by atoms with E-state index in [0.717, 1.165) is 60.3 Å². The molecule has 0 saturated carbocycles. The molecule has 2 aromatic rings. The zero-order valence-electron chi connectivity index (χ0n) is 17.1. The van der Waals surface area contributed by atoms with Gasteiger partial charge in [-0.2, -0.15) is 0 Å². The normalized spacial score (nSPS) is 10.9. The zero-order chi connectivity index (χ0) is 19.5. The molecule has 7 nitrogen and oxygen atoms in total. The molecule has 0 aliphatic carbocycles. The number of hydrogen-bond acceptors (Lipinski definition) is 5. The average Bonchev–Trinajstić information content (AvgIpc) is 3.12. The molecule has 0 unspecified atom stereocenters. The second kappa shape index (κ2) is 13.2. The molecule has 0 amide bonds. The number of aryl methyl sites for hydroxylation is 2. The standard InChI is InChI=1S/C20H30N4O3.HI/c1-5-18-17(19(6-2)27-24-18)14-23-20(21-3)22-11-8-12-26-16-10-7-9-15(13-16)25-4;/h7,9-10,13H,5-6,8,11-12,14H2,1-4H3,(H2,21,22,23);1H. The SMILES string of the molecule is CCc1noc(CC)c1CNC(=NC)NCCCOc1cccc(OC)c1.I. The highest BCUT2D eigenvalue weighted by Crippen LogP contribution is 2.18. The van der Waals surface area contributed by atoms with Crippen LogP contribution in [0.4, 0.5) is 0 Å². The molecular formula is C20H31IN4O3. The fraction of sp³-hybridized carbons (Fsp3) is 0.500. The predicted octanol–water partition coefficient (Wildman–Crippen LogP) is 3.56. The molecule has 1 aromatic carbocycles. The second-order valence-corrected chi connectivity index (χ2v) is 5.97. The van der Waals surface area contributed by atoms with Crippen LogP contribution in [-0.4, -0.2) is 38.4 Å². The Morgan fingerprint density at radius 2 is 1.96 bits per heavy atom. The van der Waals surface area contributed by atoms with E-state index in [4.69, 9.17) is 14.0 Å². The summed E-state index contributed by atoms with van der Waals surface area (Å²) >= 11 is 0. The molecule has 0 fully saturated rings. The maximum absolute atomic E-state index is 5.74. The van der Waals surface area contributed by atoms with Crippen molar-refractivity contribution >= 4 is 29.9 Å². The molecule has 0 radical (unpaired) electrons. The van der Waals surface area contributed by atoms with Gasteiger partial charge in [-0.05, 0) is 25.0 Å². The molecule has 0 spiro atoms. The van der Waals surface area contributed by atoms with Crippen LogP contribution in [-0.2, 0) is 19.4 Å². The Labute approximate surface area is 184 Å². The molecule has 1 heterocycles. The Morgan fingerprint density at radius 3 is 2.64 bits per heavy atom. The molecule has 1 aromatic heterocycles. The number of benzene rings is 1. The van der Waals surface area contributed by atoms with Crippen molar-refractivity contribution in [1.29, 1.82) is 0 Å². The fourth-order valence-corrected chi connectivity index (χ4v) is 2.69. The summed E-state index contributed by atoms with van der Waals surface area (Å²) in [7, 11) is 3.41. The third-order valence-electron chi connectivity index (χ3n) is 4.19. The van der Waals surface area contributed by atoms with Gasteiger partial charge < -0.3 is 24.6 Å². The van der Waals surface area contributed by atoms with Gasteiger partial charge in [-0.1, -0.05) is 25.1 Å². The highest BCUT2D eigenvalue weighted by Gasteiger charge is 2.13. The van der Waals surface area contributed by atoms with Crippen LogP contribution >= 0.6 is 24.0 Å². The highest BCUT2D eigenvalue weighted by atomic mass is 127. The molecule has 0 atom stereocenters. The number of aliphatic imine (C=N–C) groups is 1. The third kappa shape index (κ3) is 7.21. The highest BCUT2D eigenvalue weighted by molar-refractivity contribution is 14.0. The van der Waals surface area contributed by atoms with Crippen LogP contribution < -0.4 is 20.1 Å². The van der Waals surface area contributed by atoms with Crippen LogP contribution in [0.25, 0.3) is 0 Å². The summed E-state index contributed by atoms with van der Waals surface area (Å²) in [6.07, 6.45) is 2.54. The van der Waals surface area contributed by atoms with E-state index in [2.05, 4.69) is 34.6 Å². The lowest BCUT2D eigenvalue weighted by Crippen LogP contribution is -2.37. The Kier molecular flexibility index (Phi) is 11.4. The van der Waals surface area contributed by atoms with E-state index in [0.29, 0.717) is 13.2 Å². The van der Waals surface area contributed by atoms with E-state index in [1.165, 1.54) is 0 Å². The van der Waals surface area contributed by atoms with Crippen molar-refractivity contribution in [1.82, 2.24) is 15.8 Å². The smallest absolute Gasteiger partial charge is 0.191 e. The van der Waals surface area contributed by atoms with E-state index >= 15 is 0 Å². The van der Waals surface area contributed by atoms with Crippen LogP contribution in [0, 0.1) is 0 Å². The van der Waals surface area contributed by atoms with Gasteiger partial charge in [0.05, 0.1) is 19.4 Å². The number of nitrogens with one attached hydrogen (secondary N) is 2. The first-order valence-corrected chi connectivity index (χ1v) is 9.39. The number of nitrogens with zero attached hydrogens (tertiary/aromatic N) is 2. The maximum Gasteiger partial charge on any atom is 0.191 e. The molecule has 0 bridgehead atoms. The van der Waals surface area contributed by atoms with Crippen molar-refractivity contribution in [2.24, 2.45) is 4.99 Å². The second-order valence-electron chi connectivity index (χ2n) is 5.97. The number of rotatable bonds is 10. The lowest BCUT2D eigenvalue weighted by molar-refractivity contribution is 0.308. The first-order chi connectivity index (χ1) is 13.2. The Morgan fingerprint density at radius 1 is 1.18 bits per heavy atom. The summed E-state index contributed by atoms with van der Waals surface area (Å²) in [6.45, 7) is 6.17. The summed E-state index contributed by atoms with van der Waals surface area (Å²) in [5.74, 6) is 3.29. The monoisotopic (exact) mass is 502 g/mol. The zero-order valence-corrected chi connectivity index (χ0v) is 19.4. The lowest BCUT2D eigenvalue weighted by atomic mass is 10.1. The minimum atomic E-state index is 0. The molecule has 2 rings (SSSR count). The van der Waals surface area contributed by atoms with Crippen molar-refractivity contribution in [2.75, 3.05) is 27.3 Å². The van der Waals surface area contributed by atoms with E-state index < -0.39 is 0 Å². The lowest BCUT2D eigenvalue weighted by Gasteiger charge is -2.12. The number of aromatic nitrogens is 1. The molecule has 0 aliphatic rings. The van der Waals surface area contributed by atoms with Crippen molar-refractivity contribution in [3.8, 4) is 11.5 Å². The van der Waals surface area contributed by atoms with Crippen LogP contribution in [0.5, 0.6) is 11.5 Å². The number of hydrogen-bond donors (Lipinski definition) is 2. The van der Waals surface area contributed by atoms with Crippen LogP contribution in [0.1, 0.15) is 37.3 Å². The van der Waals surface area contributed by atoms with Crippen molar-refractivity contribution in [2.45, 2.75) is 39.7 Å². The van der Waals surface area contributed by atoms with E-state index in [1.54, 1.807) is 14.2 Å². The van der Waals surface area contributed by atoms with Gasteiger partial charge in [-0.25, -0.2) is 0 Å². The number of methoxy groups -OCH3 is 1. The molecule has 28 heavy (non-hydrogen) atoms. The molecule has 0 saturated heterocycles. The summed E-state index contributed by atoms with van der Waals surface area (Å²) in [5.41, 5.74) is 2.13. The number of halogens is 1.